The minimum atomic E-state index is 0. The van der Waals surface area contributed by atoms with Gasteiger partial charge in [0.25, 0.3) is 0 Å². The summed E-state index contributed by atoms with van der Waals surface area (Å²) in [6.07, 6.45) is 0. The van der Waals surface area contributed by atoms with Crippen LogP contribution in [0.15, 0.2) is 24.3 Å². The van der Waals surface area contributed by atoms with Crippen molar-refractivity contribution in [2.24, 2.45) is 0 Å². The quantitative estimate of drug-likeness (QED) is 0.379. The fraction of sp³-hybridized carbons (Fsp3) is 0. The van der Waals surface area contributed by atoms with E-state index in [9.17, 15) is 0 Å². The van der Waals surface area contributed by atoms with Gasteiger partial charge in [-0.05, 0) is 12.1 Å². The largest absolute Gasteiger partial charge is 1.00 e. The Morgan fingerprint density at radius 3 is 1.83 bits per heavy atom. The molecule has 0 spiro atoms. The van der Waals surface area contributed by atoms with Crippen LogP contribution < -0.4 is 24.8 Å². The van der Waals surface area contributed by atoms with Crippen LogP contribution in [0.4, 0.5) is 5.69 Å². The molecule has 0 aliphatic carbocycles. The number of phenolic OH excluding ortho intramolecular Hbond substituents is 1. The van der Waals surface area contributed by atoms with Crippen molar-refractivity contribution in [3.05, 3.63) is 29.2 Å². The van der Waals surface area contributed by atoms with Gasteiger partial charge in [-0.25, -0.2) is 0 Å². The first kappa shape index (κ1) is 17.7. The Kier molecular flexibility index (Phi) is 12.9. The Bertz CT molecular complexity index is 247. The van der Waals surface area contributed by atoms with Crippen LogP contribution in [0, 0.1) is 5.39 Å². The molecule has 1 aromatic rings. The smallest absolute Gasteiger partial charge is 0.385 e. The van der Waals surface area contributed by atoms with Crippen molar-refractivity contribution in [2.45, 2.75) is 0 Å². The third-order valence-electron chi connectivity index (χ3n) is 0.965. The van der Waals surface area contributed by atoms with Gasteiger partial charge in [-0.3, -0.25) is 0 Å². The first-order valence-corrected chi connectivity index (χ1v) is 2.47. The van der Waals surface area contributed by atoms with Crippen LogP contribution in [0.25, 0.3) is 4.98 Å². The number of nitrogens with zero attached hydrogens (tertiary/aromatic N) is 2. The second-order valence-electron chi connectivity index (χ2n) is 1.62. The van der Waals surface area contributed by atoms with E-state index in [1.165, 1.54) is 24.3 Å². The molecule has 0 unspecified atom stereocenters. The minimum absolute atomic E-state index is 0. The maximum atomic E-state index is 8.73. The summed E-state index contributed by atoms with van der Waals surface area (Å²) in [7, 11) is 0. The SMILES string of the molecule is N#[N+]c1ccc(O)cc1.[Cl-].[Cl-].[Zn]. The van der Waals surface area contributed by atoms with E-state index in [-0.39, 0.29) is 50.0 Å². The van der Waals surface area contributed by atoms with Crippen molar-refractivity contribution >= 4 is 5.69 Å². The Morgan fingerprint density at radius 1 is 1.08 bits per heavy atom. The Balaban J connectivity index is -0.000000270. The summed E-state index contributed by atoms with van der Waals surface area (Å²) in [4.78, 5) is 2.90. The number of hydrogen-bond donors (Lipinski definition) is 1. The third-order valence-corrected chi connectivity index (χ3v) is 0.965. The van der Waals surface area contributed by atoms with Gasteiger partial charge in [-0.2, -0.15) is 0 Å². The monoisotopic (exact) mass is 255 g/mol. The van der Waals surface area contributed by atoms with Crippen LogP contribution in [0.3, 0.4) is 0 Å². The summed E-state index contributed by atoms with van der Waals surface area (Å²) in [5.74, 6) is 0.169. The number of hydrogen-bond acceptors (Lipinski definition) is 2. The molecule has 12 heavy (non-hydrogen) atoms. The zero-order chi connectivity index (χ0) is 6.69. The summed E-state index contributed by atoms with van der Waals surface area (Å²) >= 11 is 0. The van der Waals surface area contributed by atoms with Crippen molar-refractivity contribution in [1.82, 2.24) is 0 Å². The van der Waals surface area contributed by atoms with Gasteiger partial charge >= 0.3 is 5.69 Å². The molecule has 3 nitrogen and oxygen atoms in total. The molecule has 0 atom stereocenters. The minimum Gasteiger partial charge on any atom is -1.00 e. The van der Waals surface area contributed by atoms with Crippen molar-refractivity contribution < 1.29 is 49.4 Å². The second kappa shape index (κ2) is 8.74. The fourth-order valence-corrected chi connectivity index (χ4v) is 0.519. The molecule has 0 radical (unpaired) electrons. The molecule has 0 heterocycles. The van der Waals surface area contributed by atoms with Crippen molar-refractivity contribution in [2.75, 3.05) is 0 Å². The molecule has 0 fully saturated rings. The van der Waals surface area contributed by atoms with Gasteiger partial charge in [-0.1, -0.05) is 0 Å². The zero-order valence-electron chi connectivity index (χ0n) is 6.11. The number of aromatic hydroxyl groups is 1. The standard InChI is InChI=1S/C6H4N2O.2ClH.Zn/c7-8-5-1-3-6(9)4-2-5;;;/h1-4H;2*1H;/p-1. The van der Waals surface area contributed by atoms with E-state index >= 15 is 0 Å². The molecular weight excluding hydrogens is 252 g/mol. The average molecular weight is 257 g/mol. The van der Waals surface area contributed by atoms with Gasteiger partial charge in [0.05, 0.1) is 0 Å². The van der Waals surface area contributed by atoms with Crippen LogP contribution in [0.2, 0.25) is 0 Å². The Hall–Kier alpha value is -0.357. The van der Waals surface area contributed by atoms with E-state index < -0.39 is 0 Å². The Labute approximate surface area is 95.4 Å². The van der Waals surface area contributed by atoms with Crippen LogP contribution in [-0.2, 0) is 19.5 Å². The van der Waals surface area contributed by atoms with Crippen molar-refractivity contribution in [1.29, 1.82) is 5.39 Å². The van der Waals surface area contributed by atoms with Crippen LogP contribution in [0.5, 0.6) is 5.75 Å². The third kappa shape index (κ3) is 5.31. The molecule has 0 saturated carbocycles. The predicted molar refractivity (Wildman–Crippen MR) is 32.9 cm³/mol. The summed E-state index contributed by atoms with van der Waals surface area (Å²) < 4.78 is 0. The molecule has 0 aliphatic rings. The normalized spacial score (nSPS) is 6.25. The summed E-state index contributed by atoms with van der Waals surface area (Å²) in [6, 6.07) is 5.93. The van der Waals surface area contributed by atoms with E-state index in [0.717, 1.165) is 0 Å². The van der Waals surface area contributed by atoms with Crippen molar-refractivity contribution in [3.8, 4) is 5.75 Å². The maximum absolute atomic E-state index is 8.73. The molecule has 0 bridgehead atoms. The average Bonchev–Trinajstić information content (AvgIpc) is 1.90. The van der Waals surface area contributed by atoms with Gasteiger partial charge in [0.1, 0.15) is 5.75 Å². The molecule has 1 N–H and O–H groups in total. The first-order valence-electron chi connectivity index (χ1n) is 2.47. The van der Waals surface area contributed by atoms with Gasteiger partial charge in [0.15, 0.2) is 4.98 Å². The summed E-state index contributed by atoms with van der Waals surface area (Å²) in [5, 5.41) is 16.9. The molecule has 1 aromatic carbocycles. The van der Waals surface area contributed by atoms with E-state index in [1.54, 1.807) is 0 Å². The van der Waals surface area contributed by atoms with E-state index in [0.29, 0.717) is 5.69 Å². The van der Waals surface area contributed by atoms with Gasteiger partial charge in [0.2, 0.25) is 5.39 Å². The number of rotatable bonds is 0. The Morgan fingerprint density at radius 2 is 1.50 bits per heavy atom. The number of phenols is 1. The maximum Gasteiger partial charge on any atom is 0.385 e. The molecule has 1 rings (SSSR count). The number of halogens is 2. The van der Waals surface area contributed by atoms with Gasteiger partial charge in [-0.15, -0.1) is 0 Å². The molecule has 0 aromatic heterocycles. The first-order chi connectivity index (χ1) is 4.33. The predicted octanol–water partition coefficient (Wildman–Crippen LogP) is -4.12. The molecule has 6 heteroatoms. The van der Waals surface area contributed by atoms with E-state index in [2.05, 4.69) is 4.98 Å². The molecular formula is C6H5Cl2N2OZn-. The van der Waals surface area contributed by atoms with Crippen LogP contribution in [0.1, 0.15) is 0 Å². The zero-order valence-corrected chi connectivity index (χ0v) is 10.6. The van der Waals surface area contributed by atoms with Gasteiger partial charge < -0.3 is 29.9 Å². The number of benzene rings is 1. The second-order valence-corrected chi connectivity index (χ2v) is 1.62. The van der Waals surface area contributed by atoms with Gasteiger partial charge in [0, 0.05) is 31.6 Å². The molecule has 0 amide bonds. The van der Waals surface area contributed by atoms with Crippen LogP contribution >= 0.6 is 0 Å². The van der Waals surface area contributed by atoms with Crippen LogP contribution in [-0.4, -0.2) is 5.11 Å². The van der Waals surface area contributed by atoms with E-state index in [1.807, 2.05) is 0 Å². The fourth-order valence-electron chi connectivity index (χ4n) is 0.519. The summed E-state index contributed by atoms with van der Waals surface area (Å²) in [6.45, 7) is 0. The van der Waals surface area contributed by atoms with Crippen molar-refractivity contribution in [3.63, 3.8) is 0 Å². The topological polar surface area (TPSA) is 48.4 Å². The number of diazo groups is 1. The van der Waals surface area contributed by atoms with E-state index in [4.69, 9.17) is 10.5 Å². The molecule has 62 valence electrons. The molecule has 0 aliphatic heterocycles. The summed E-state index contributed by atoms with van der Waals surface area (Å²) in [5.41, 5.74) is 0.438. The molecule has 0 saturated heterocycles.